The summed E-state index contributed by atoms with van der Waals surface area (Å²) >= 11 is 0. The van der Waals surface area contributed by atoms with Gasteiger partial charge in [-0.05, 0) is 79.8 Å². The van der Waals surface area contributed by atoms with Crippen LogP contribution in [-0.4, -0.2) is 20.8 Å². The Bertz CT molecular complexity index is 1240. The van der Waals surface area contributed by atoms with Crippen LogP contribution < -0.4 is 5.43 Å². The highest BCUT2D eigenvalue weighted by molar-refractivity contribution is 6.10. The molecule has 0 amide bonds. The molecule has 172 valence electrons. The second-order valence-corrected chi connectivity index (χ2v) is 9.92. The predicted molar refractivity (Wildman–Crippen MR) is 131 cm³/mol. The molecule has 1 N–H and O–H groups in total. The number of pyridine rings is 1. The van der Waals surface area contributed by atoms with Gasteiger partial charge >= 0.3 is 0 Å². The van der Waals surface area contributed by atoms with Gasteiger partial charge in [0.15, 0.2) is 0 Å². The van der Waals surface area contributed by atoms with E-state index < -0.39 is 4.92 Å². The van der Waals surface area contributed by atoms with Gasteiger partial charge in [-0.15, -0.1) is 0 Å². The summed E-state index contributed by atoms with van der Waals surface area (Å²) in [6.07, 6.45) is 5.75. The summed E-state index contributed by atoms with van der Waals surface area (Å²) in [5, 5.41) is 16.2. The summed E-state index contributed by atoms with van der Waals surface area (Å²) in [4.78, 5) is 24.5. The molecule has 1 aliphatic carbocycles. The maximum absolute atomic E-state index is 13.3. The van der Waals surface area contributed by atoms with Crippen molar-refractivity contribution in [2.24, 2.45) is 16.4 Å². The first-order chi connectivity index (χ1) is 15.6. The molecule has 1 aliphatic rings. The Balaban J connectivity index is 1.57. The second kappa shape index (κ2) is 8.81. The number of nitro groups is 1. The van der Waals surface area contributed by atoms with Crippen molar-refractivity contribution in [3.63, 3.8) is 0 Å². The summed E-state index contributed by atoms with van der Waals surface area (Å²) < 4.78 is 1.82. The number of aryl methyl sites for hydroxylation is 1. The number of nitro benzene ring substituents is 1. The van der Waals surface area contributed by atoms with E-state index in [1.165, 1.54) is 6.07 Å². The van der Waals surface area contributed by atoms with E-state index in [0.29, 0.717) is 17.3 Å². The van der Waals surface area contributed by atoms with Crippen LogP contribution in [0.1, 0.15) is 68.1 Å². The molecule has 1 fully saturated rings. The molecule has 2 heterocycles. The van der Waals surface area contributed by atoms with Crippen LogP contribution in [0, 0.1) is 28.4 Å². The van der Waals surface area contributed by atoms with Crippen molar-refractivity contribution in [1.29, 1.82) is 0 Å². The quantitative estimate of drug-likeness (QED) is 0.279. The van der Waals surface area contributed by atoms with E-state index in [2.05, 4.69) is 31.3 Å². The fourth-order valence-electron chi connectivity index (χ4n) is 4.67. The number of anilines is 1. The molecule has 0 spiro atoms. The van der Waals surface area contributed by atoms with Gasteiger partial charge in [0.2, 0.25) is 5.78 Å². The number of aromatic nitrogens is 1. The number of nitrogens with zero attached hydrogens (tertiary/aromatic N) is 3. The summed E-state index contributed by atoms with van der Waals surface area (Å²) in [5.41, 5.74) is 6.85. The normalized spacial score (nSPS) is 16.6. The number of carbonyl (C=O) groups is 1. The van der Waals surface area contributed by atoms with Gasteiger partial charge in [0.05, 0.1) is 10.6 Å². The zero-order valence-corrected chi connectivity index (χ0v) is 19.6. The lowest BCUT2D eigenvalue weighted by Gasteiger charge is -2.34. The van der Waals surface area contributed by atoms with Crippen LogP contribution in [0.3, 0.4) is 0 Å². The second-order valence-electron chi connectivity index (χ2n) is 9.92. The molecule has 1 aromatic carbocycles. The van der Waals surface area contributed by atoms with Crippen molar-refractivity contribution in [3.8, 4) is 0 Å². The maximum atomic E-state index is 13.3. The average molecular weight is 447 g/mol. The molecule has 0 saturated heterocycles. The Kier molecular flexibility index (Phi) is 6.06. The standard InChI is InChI=1S/C26H30N4O3/c1-17-15-21-7-5-6-14-29(21)24(17)25(31)18-8-13-22(23(16-18)30(32)33)28-27-20-11-9-19(10-12-20)26(2,3)4/h5-8,13-16,19,28H,9-12H2,1-4H3. The Morgan fingerprint density at radius 2 is 1.88 bits per heavy atom. The molecule has 2 aromatic heterocycles. The maximum Gasteiger partial charge on any atom is 0.294 e. The molecular formula is C26H30N4O3. The van der Waals surface area contributed by atoms with Crippen LogP contribution in [-0.2, 0) is 0 Å². The number of hydrogen-bond donors (Lipinski definition) is 1. The molecule has 0 radical (unpaired) electrons. The van der Waals surface area contributed by atoms with Crippen LogP contribution >= 0.6 is 0 Å². The monoisotopic (exact) mass is 446 g/mol. The summed E-state index contributed by atoms with van der Waals surface area (Å²) in [6.45, 7) is 8.67. The Labute approximate surface area is 193 Å². The first-order valence-corrected chi connectivity index (χ1v) is 11.4. The van der Waals surface area contributed by atoms with Crippen molar-refractivity contribution in [2.75, 3.05) is 5.43 Å². The smallest absolute Gasteiger partial charge is 0.294 e. The van der Waals surface area contributed by atoms with Crippen LogP contribution in [0.2, 0.25) is 0 Å². The van der Waals surface area contributed by atoms with E-state index in [1.807, 2.05) is 41.8 Å². The molecule has 4 rings (SSSR count). The third-order valence-corrected chi connectivity index (χ3v) is 6.66. The zero-order valence-electron chi connectivity index (χ0n) is 19.6. The first kappa shape index (κ1) is 22.7. The molecule has 0 aliphatic heterocycles. The molecule has 1 saturated carbocycles. The third-order valence-electron chi connectivity index (χ3n) is 6.66. The van der Waals surface area contributed by atoms with Crippen LogP contribution in [0.15, 0.2) is 53.8 Å². The highest BCUT2D eigenvalue weighted by Gasteiger charge is 2.28. The minimum atomic E-state index is -0.473. The highest BCUT2D eigenvalue weighted by Crippen LogP contribution is 2.37. The SMILES string of the molecule is Cc1cc2ccccn2c1C(=O)c1ccc(NN=C2CCC(C(C)(C)C)CC2)c([N+](=O)[O-])c1. The molecular weight excluding hydrogens is 416 g/mol. The van der Waals surface area contributed by atoms with E-state index in [-0.39, 0.29) is 22.4 Å². The summed E-state index contributed by atoms with van der Waals surface area (Å²) in [7, 11) is 0. The minimum Gasteiger partial charge on any atom is -0.313 e. The zero-order chi connectivity index (χ0) is 23.8. The van der Waals surface area contributed by atoms with E-state index in [0.717, 1.165) is 42.5 Å². The Morgan fingerprint density at radius 3 is 2.55 bits per heavy atom. The Hall–Kier alpha value is -3.48. The molecule has 7 nitrogen and oxygen atoms in total. The van der Waals surface area contributed by atoms with Gasteiger partial charge in [0.25, 0.3) is 5.69 Å². The lowest BCUT2D eigenvalue weighted by molar-refractivity contribution is -0.384. The average Bonchev–Trinajstić information content (AvgIpc) is 3.12. The molecule has 0 bridgehead atoms. The number of benzene rings is 1. The molecule has 33 heavy (non-hydrogen) atoms. The Morgan fingerprint density at radius 1 is 1.15 bits per heavy atom. The van der Waals surface area contributed by atoms with Crippen molar-refractivity contribution in [2.45, 2.75) is 53.4 Å². The molecule has 0 unspecified atom stereocenters. The first-order valence-electron chi connectivity index (χ1n) is 11.4. The summed E-state index contributed by atoms with van der Waals surface area (Å²) in [5.74, 6) is 0.407. The number of hydrogen-bond acceptors (Lipinski definition) is 5. The fraction of sp³-hybridized carbons (Fsp3) is 0.385. The van der Waals surface area contributed by atoms with E-state index >= 15 is 0 Å². The predicted octanol–water partition coefficient (Wildman–Crippen LogP) is 6.39. The number of hydrazone groups is 1. The van der Waals surface area contributed by atoms with Gasteiger partial charge < -0.3 is 4.40 Å². The number of ketones is 1. The van der Waals surface area contributed by atoms with Crippen molar-refractivity contribution < 1.29 is 9.72 Å². The van der Waals surface area contributed by atoms with Gasteiger partial charge in [-0.1, -0.05) is 26.8 Å². The lowest BCUT2D eigenvalue weighted by atomic mass is 9.72. The largest absolute Gasteiger partial charge is 0.313 e. The number of carbonyl (C=O) groups excluding carboxylic acids is 1. The van der Waals surface area contributed by atoms with E-state index in [4.69, 9.17) is 0 Å². The van der Waals surface area contributed by atoms with Crippen molar-refractivity contribution in [1.82, 2.24) is 4.40 Å². The number of fused-ring (bicyclic) bond motifs is 1. The van der Waals surface area contributed by atoms with Gasteiger partial charge in [-0.2, -0.15) is 5.10 Å². The minimum absolute atomic E-state index is 0.160. The number of rotatable bonds is 5. The fourth-order valence-corrected chi connectivity index (χ4v) is 4.67. The van der Waals surface area contributed by atoms with E-state index in [9.17, 15) is 14.9 Å². The molecule has 7 heteroatoms. The molecule has 3 aromatic rings. The highest BCUT2D eigenvalue weighted by atomic mass is 16.6. The van der Waals surface area contributed by atoms with Crippen molar-refractivity contribution in [3.05, 3.63) is 75.6 Å². The van der Waals surface area contributed by atoms with Gasteiger partial charge in [-0.25, -0.2) is 0 Å². The van der Waals surface area contributed by atoms with Gasteiger partial charge in [-0.3, -0.25) is 20.3 Å². The number of nitrogens with one attached hydrogen (secondary N) is 1. The van der Waals surface area contributed by atoms with Crippen molar-refractivity contribution >= 4 is 28.4 Å². The van der Waals surface area contributed by atoms with Crippen LogP contribution in [0.5, 0.6) is 0 Å². The van der Waals surface area contributed by atoms with Crippen LogP contribution in [0.4, 0.5) is 11.4 Å². The van der Waals surface area contributed by atoms with Gasteiger partial charge in [0, 0.05) is 29.1 Å². The lowest BCUT2D eigenvalue weighted by Crippen LogP contribution is -2.26. The summed E-state index contributed by atoms with van der Waals surface area (Å²) in [6, 6.07) is 12.1. The van der Waals surface area contributed by atoms with Gasteiger partial charge in [0.1, 0.15) is 5.69 Å². The van der Waals surface area contributed by atoms with Crippen LogP contribution in [0.25, 0.3) is 5.52 Å². The third kappa shape index (κ3) is 4.67. The van der Waals surface area contributed by atoms with E-state index in [1.54, 1.807) is 12.1 Å². The molecule has 0 atom stereocenters. The topological polar surface area (TPSA) is 89.0 Å².